The molecular weight excluding hydrogens is 244 g/mol. The average molecular weight is 266 g/mol. The van der Waals surface area contributed by atoms with Crippen molar-refractivity contribution in [3.8, 4) is 0 Å². The van der Waals surface area contributed by atoms with Crippen molar-refractivity contribution in [1.29, 1.82) is 0 Å². The van der Waals surface area contributed by atoms with Gasteiger partial charge in [-0.15, -0.1) is 0 Å². The summed E-state index contributed by atoms with van der Waals surface area (Å²) in [7, 11) is 7.93. The lowest BCUT2D eigenvalue weighted by molar-refractivity contribution is -0.869. The van der Waals surface area contributed by atoms with Crippen molar-refractivity contribution in [2.75, 3.05) is 34.2 Å². The van der Waals surface area contributed by atoms with Crippen LogP contribution in [0.5, 0.6) is 0 Å². The molecule has 6 nitrogen and oxygen atoms in total. The van der Waals surface area contributed by atoms with Gasteiger partial charge in [-0.2, -0.15) is 4.57 Å². The second kappa shape index (κ2) is 6.29. The monoisotopic (exact) mass is 266 g/mol. The number of carbonyl (C=O) groups is 1. The first-order valence-electron chi connectivity index (χ1n) is 6.11. The second-order valence-electron chi connectivity index (χ2n) is 5.42. The van der Waals surface area contributed by atoms with E-state index in [4.69, 9.17) is 5.21 Å². The Morgan fingerprint density at radius 1 is 1.42 bits per heavy atom. The summed E-state index contributed by atoms with van der Waals surface area (Å²) in [6.07, 6.45) is 1.79. The van der Waals surface area contributed by atoms with E-state index in [0.29, 0.717) is 12.2 Å². The minimum Gasteiger partial charge on any atom is -0.410 e. The van der Waals surface area contributed by atoms with Gasteiger partial charge in [0, 0.05) is 12.1 Å². The van der Waals surface area contributed by atoms with Gasteiger partial charge in [-0.25, -0.2) is 0 Å². The summed E-state index contributed by atoms with van der Waals surface area (Å²) in [5.74, 6) is -0.377. The molecule has 1 heterocycles. The molecule has 0 saturated carbocycles. The van der Waals surface area contributed by atoms with E-state index in [2.05, 4.69) is 10.5 Å². The van der Waals surface area contributed by atoms with Gasteiger partial charge in [-0.1, -0.05) is 5.16 Å². The van der Waals surface area contributed by atoms with Crippen LogP contribution < -0.4 is 9.88 Å². The number of nitrogens with one attached hydrogen (secondary N) is 1. The summed E-state index contributed by atoms with van der Waals surface area (Å²) < 4.78 is 2.49. The summed E-state index contributed by atoms with van der Waals surface area (Å²) >= 11 is 0. The molecule has 1 aromatic rings. The molecule has 0 atom stereocenters. The van der Waals surface area contributed by atoms with Crippen LogP contribution in [0, 0.1) is 0 Å². The number of hydrogen-bond acceptors (Lipinski definition) is 3. The van der Waals surface area contributed by atoms with Crippen molar-refractivity contribution in [3.05, 3.63) is 30.1 Å². The van der Waals surface area contributed by atoms with Crippen LogP contribution in [0.15, 0.2) is 29.6 Å². The second-order valence-corrected chi connectivity index (χ2v) is 5.42. The predicted octanol–water partition coefficient (Wildman–Crippen LogP) is -0.488. The van der Waals surface area contributed by atoms with Crippen molar-refractivity contribution in [3.63, 3.8) is 0 Å². The lowest BCUT2D eigenvalue weighted by Gasteiger charge is -2.23. The Hall–Kier alpha value is -1.95. The third-order valence-corrected chi connectivity index (χ3v) is 2.68. The average Bonchev–Trinajstić information content (AvgIpc) is 2.31. The Balaban J connectivity index is 2.72. The van der Waals surface area contributed by atoms with Crippen LogP contribution in [0.2, 0.25) is 0 Å². The number of hydrogen-bond donors (Lipinski definition) is 2. The van der Waals surface area contributed by atoms with Crippen LogP contribution in [0.1, 0.15) is 5.69 Å². The maximum absolute atomic E-state index is 12.0. The summed E-state index contributed by atoms with van der Waals surface area (Å²) in [6, 6.07) is 5.36. The Morgan fingerprint density at radius 3 is 2.63 bits per heavy atom. The van der Waals surface area contributed by atoms with Crippen molar-refractivity contribution in [2.24, 2.45) is 12.2 Å². The van der Waals surface area contributed by atoms with E-state index in [1.54, 1.807) is 29.9 Å². The number of oxime groups is 1. The Bertz CT molecular complexity index is 478. The largest absolute Gasteiger partial charge is 0.410 e. The van der Waals surface area contributed by atoms with Gasteiger partial charge in [0.1, 0.15) is 7.05 Å². The molecule has 1 amide bonds. The highest BCUT2D eigenvalue weighted by molar-refractivity contribution is 6.44. The third-order valence-electron chi connectivity index (χ3n) is 2.68. The first-order valence-corrected chi connectivity index (χ1v) is 6.11. The molecule has 0 fully saturated rings. The van der Waals surface area contributed by atoms with Gasteiger partial charge in [-0.05, 0) is 6.07 Å². The van der Waals surface area contributed by atoms with Crippen LogP contribution in [-0.4, -0.2) is 55.5 Å². The number of aromatic nitrogens is 1. The van der Waals surface area contributed by atoms with Gasteiger partial charge >= 0.3 is 0 Å². The van der Waals surface area contributed by atoms with Gasteiger partial charge < -0.3 is 15.0 Å². The molecule has 0 spiro atoms. The maximum atomic E-state index is 12.0. The van der Waals surface area contributed by atoms with Crippen molar-refractivity contribution < 1.29 is 19.1 Å². The molecule has 0 bridgehead atoms. The number of aryl methyl sites for hydroxylation is 1. The van der Waals surface area contributed by atoms with Crippen LogP contribution in [0.3, 0.4) is 0 Å². The van der Waals surface area contributed by atoms with Crippen LogP contribution in [0.25, 0.3) is 0 Å². The molecule has 1 aromatic heterocycles. The number of amides is 1. The molecule has 6 heteroatoms. The maximum Gasteiger partial charge on any atom is 0.280 e. The van der Waals surface area contributed by atoms with Gasteiger partial charge in [-0.3, -0.25) is 4.79 Å². The fraction of sp³-hybridized carbons (Fsp3) is 0.462. The van der Waals surface area contributed by atoms with E-state index < -0.39 is 0 Å². The molecule has 0 aliphatic rings. The Kier molecular flexibility index (Phi) is 5.00. The van der Waals surface area contributed by atoms with E-state index in [1.807, 2.05) is 27.2 Å². The molecule has 1 rings (SSSR count). The number of carbonyl (C=O) groups excluding carboxylic acids is 1. The normalized spacial score (nSPS) is 12.3. The quantitative estimate of drug-likeness (QED) is 0.248. The zero-order valence-corrected chi connectivity index (χ0v) is 11.9. The molecule has 0 aromatic carbocycles. The number of nitrogens with zero attached hydrogens (tertiary/aromatic N) is 3. The minimum absolute atomic E-state index is 0.0181. The zero-order chi connectivity index (χ0) is 14.5. The highest BCUT2D eigenvalue weighted by atomic mass is 16.4. The van der Waals surface area contributed by atoms with Gasteiger partial charge in [0.05, 0.1) is 34.2 Å². The highest BCUT2D eigenvalue weighted by Gasteiger charge is 2.22. The van der Waals surface area contributed by atoms with Gasteiger partial charge in [0.15, 0.2) is 6.20 Å². The van der Waals surface area contributed by atoms with E-state index in [-0.39, 0.29) is 11.6 Å². The van der Waals surface area contributed by atoms with Gasteiger partial charge in [0.2, 0.25) is 11.4 Å². The van der Waals surface area contributed by atoms with E-state index in [1.165, 1.54) is 0 Å². The number of rotatable bonds is 5. The number of pyridine rings is 1. The van der Waals surface area contributed by atoms with E-state index >= 15 is 0 Å². The molecule has 0 radical (unpaired) electrons. The zero-order valence-electron chi connectivity index (χ0n) is 11.9. The van der Waals surface area contributed by atoms with Crippen molar-refractivity contribution >= 4 is 11.6 Å². The minimum atomic E-state index is -0.377. The third kappa shape index (κ3) is 4.67. The lowest BCUT2D eigenvalue weighted by atomic mass is 10.2. The van der Waals surface area contributed by atoms with E-state index in [0.717, 1.165) is 11.0 Å². The molecule has 0 unspecified atom stereocenters. The predicted molar refractivity (Wildman–Crippen MR) is 71.9 cm³/mol. The number of likely N-dealkylation sites (N-methyl/N-ethyl adjacent to an activating group) is 1. The summed E-state index contributed by atoms with van der Waals surface area (Å²) in [5.41, 5.74) is 0.581. The van der Waals surface area contributed by atoms with E-state index in [9.17, 15) is 4.79 Å². The number of quaternary nitrogens is 1. The molecule has 2 N–H and O–H groups in total. The molecule has 19 heavy (non-hydrogen) atoms. The fourth-order valence-corrected chi connectivity index (χ4v) is 1.57. The molecule has 0 aliphatic carbocycles. The standard InChI is InChI=1S/C13H20N4O2/c1-16-9-6-5-7-11(16)12(15-19)13(18)14-8-10-17(2,3)4/h5-7,9H,8,10H2,1-4H3/p+2. The lowest BCUT2D eigenvalue weighted by Crippen LogP contribution is -2.46. The highest BCUT2D eigenvalue weighted by Crippen LogP contribution is 1.95. The summed E-state index contributed by atoms with van der Waals surface area (Å²) in [6.45, 7) is 1.32. The molecule has 0 aliphatic heterocycles. The van der Waals surface area contributed by atoms with Gasteiger partial charge in [0.25, 0.3) is 5.91 Å². The Morgan fingerprint density at radius 2 is 2.11 bits per heavy atom. The van der Waals surface area contributed by atoms with Crippen LogP contribution in [-0.2, 0) is 11.8 Å². The first kappa shape index (κ1) is 15.1. The fourth-order valence-electron chi connectivity index (χ4n) is 1.57. The molecule has 0 saturated heterocycles. The van der Waals surface area contributed by atoms with Crippen molar-refractivity contribution in [2.45, 2.75) is 0 Å². The SMILES string of the molecule is C[n+]1ccccc1/C(=N/O)C(=O)NCC[N+](C)(C)C. The first-order chi connectivity index (χ1) is 8.85. The Labute approximate surface area is 113 Å². The van der Waals surface area contributed by atoms with Crippen LogP contribution >= 0.6 is 0 Å². The van der Waals surface area contributed by atoms with Crippen LogP contribution in [0.4, 0.5) is 0 Å². The summed E-state index contributed by atoms with van der Waals surface area (Å²) in [4.78, 5) is 12.0. The smallest absolute Gasteiger partial charge is 0.280 e. The molecule has 104 valence electrons. The van der Waals surface area contributed by atoms with Crippen molar-refractivity contribution in [1.82, 2.24) is 5.32 Å². The topological polar surface area (TPSA) is 65.6 Å². The summed E-state index contributed by atoms with van der Waals surface area (Å²) in [5, 5.41) is 14.9. The molecular formula is C13H22N4O2+2.